The molecule has 0 spiro atoms. The van der Waals surface area contributed by atoms with Crippen molar-refractivity contribution in [3.63, 3.8) is 0 Å². The van der Waals surface area contributed by atoms with E-state index in [1.807, 2.05) is 13.0 Å². The fourth-order valence-corrected chi connectivity index (χ4v) is 5.06. The highest BCUT2D eigenvalue weighted by atomic mass is 35.5. The second kappa shape index (κ2) is 10.5. The average molecular weight is 521 g/mol. The molecule has 0 bridgehead atoms. The molecule has 0 aliphatic heterocycles. The standard InChI is InChI=1S/C24H22Cl2N2O5S/c1-4-33-24(30)18-8-7-17(13-20(18)26)27-23(29)16-6-9-19(25)22(12-16)34(31,32)28-21-10-5-14(2)11-15(21)3/h5-13,28H,4H2,1-3H3,(H,27,29). The van der Waals surface area contributed by atoms with Crippen molar-refractivity contribution in [1.29, 1.82) is 0 Å². The first-order valence-corrected chi connectivity index (χ1v) is 12.4. The van der Waals surface area contributed by atoms with Crippen LogP contribution in [0.1, 0.15) is 38.8 Å². The molecule has 0 aromatic heterocycles. The maximum atomic E-state index is 13.0. The van der Waals surface area contributed by atoms with Gasteiger partial charge in [-0.3, -0.25) is 9.52 Å². The van der Waals surface area contributed by atoms with Gasteiger partial charge in [0.15, 0.2) is 0 Å². The van der Waals surface area contributed by atoms with Crippen LogP contribution in [0.2, 0.25) is 10.0 Å². The number of esters is 1. The quantitative estimate of drug-likeness (QED) is 0.381. The molecule has 0 fully saturated rings. The maximum Gasteiger partial charge on any atom is 0.339 e. The highest BCUT2D eigenvalue weighted by Crippen LogP contribution is 2.28. The van der Waals surface area contributed by atoms with Gasteiger partial charge in [-0.2, -0.15) is 0 Å². The van der Waals surface area contributed by atoms with E-state index in [0.29, 0.717) is 11.4 Å². The summed E-state index contributed by atoms with van der Waals surface area (Å²) in [5, 5.41) is 2.70. The lowest BCUT2D eigenvalue weighted by Gasteiger charge is -2.13. The van der Waals surface area contributed by atoms with Crippen LogP contribution in [0.15, 0.2) is 59.5 Å². The SMILES string of the molecule is CCOC(=O)c1ccc(NC(=O)c2ccc(Cl)c(S(=O)(=O)Nc3ccc(C)cc3C)c2)cc1Cl. The minimum atomic E-state index is -4.07. The van der Waals surface area contributed by atoms with Crippen molar-refractivity contribution < 1.29 is 22.7 Å². The fraction of sp³-hybridized carbons (Fsp3) is 0.167. The molecule has 3 aromatic rings. The van der Waals surface area contributed by atoms with Crippen molar-refractivity contribution >= 4 is 56.5 Å². The Bertz CT molecular complexity index is 1370. The monoisotopic (exact) mass is 520 g/mol. The second-order valence-corrected chi connectivity index (χ2v) is 9.90. The molecule has 0 saturated carbocycles. The summed E-state index contributed by atoms with van der Waals surface area (Å²) in [4.78, 5) is 24.4. The minimum absolute atomic E-state index is 0.0318. The van der Waals surface area contributed by atoms with Crippen molar-refractivity contribution in [2.75, 3.05) is 16.6 Å². The first kappa shape index (κ1) is 25.6. The molecule has 0 atom stereocenters. The summed E-state index contributed by atoms with van der Waals surface area (Å²) in [5.41, 5.74) is 2.70. The predicted octanol–water partition coefficient (Wildman–Crippen LogP) is 5.84. The van der Waals surface area contributed by atoms with E-state index in [1.165, 1.54) is 36.4 Å². The predicted molar refractivity (Wildman–Crippen MR) is 134 cm³/mol. The highest BCUT2D eigenvalue weighted by molar-refractivity contribution is 7.92. The number of carbonyl (C=O) groups is 2. The molecule has 0 aliphatic carbocycles. The van der Waals surface area contributed by atoms with Crippen LogP contribution >= 0.6 is 23.2 Å². The van der Waals surface area contributed by atoms with E-state index in [-0.39, 0.29) is 32.7 Å². The molecule has 34 heavy (non-hydrogen) atoms. The molecular weight excluding hydrogens is 499 g/mol. The number of nitrogens with one attached hydrogen (secondary N) is 2. The molecule has 0 saturated heterocycles. The van der Waals surface area contributed by atoms with Gasteiger partial charge in [0.25, 0.3) is 15.9 Å². The van der Waals surface area contributed by atoms with E-state index >= 15 is 0 Å². The third kappa shape index (κ3) is 5.88. The van der Waals surface area contributed by atoms with Gasteiger partial charge in [0.1, 0.15) is 4.90 Å². The summed E-state index contributed by atoms with van der Waals surface area (Å²) in [5.74, 6) is -1.16. The number of aryl methyl sites for hydroxylation is 2. The van der Waals surface area contributed by atoms with Crippen LogP contribution in [0, 0.1) is 13.8 Å². The number of ether oxygens (including phenoxy) is 1. The third-order valence-corrected chi connectivity index (χ3v) is 6.99. The topological polar surface area (TPSA) is 102 Å². The molecule has 0 aliphatic rings. The molecule has 1 amide bonds. The summed E-state index contributed by atoms with van der Waals surface area (Å²) in [6.07, 6.45) is 0. The summed E-state index contributed by atoms with van der Waals surface area (Å²) in [6.45, 7) is 5.57. The Morgan fingerprint density at radius 3 is 2.32 bits per heavy atom. The first-order chi connectivity index (χ1) is 16.0. The molecule has 7 nitrogen and oxygen atoms in total. The van der Waals surface area contributed by atoms with E-state index < -0.39 is 21.9 Å². The van der Waals surface area contributed by atoms with Gasteiger partial charge in [-0.1, -0.05) is 40.9 Å². The molecular formula is C24H22Cl2N2O5S. The lowest BCUT2D eigenvalue weighted by atomic mass is 10.1. The lowest BCUT2D eigenvalue weighted by molar-refractivity contribution is 0.0526. The molecule has 2 N–H and O–H groups in total. The van der Waals surface area contributed by atoms with Crippen LogP contribution in [-0.4, -0.2) is 26.9 Å². The molecule has 0 unspecified atom stereocenters. The summed E-state index contributed by atoms with van der Waals surface area (Å²) < 4.78 is 33.4. The zero-order chi connectivity index (χ0) is 25.0. The molecule has 10 heteroatoms. The van der Waals surface area contributed by atoms with Gasteiger partial charge < -0.3 is 10.1 Å². The van der Waals surface area contributed by atoms with E-state index in [1.54, 1.807) is 26.0 Å². The maximum absolute atomic E-state index is 13.0. The van der Waals surface area contributed by atoms with Gasteiger partial charge in [0, 0.05) is 11.3 Å². The number of hydrogen-bond donors (Lipinski definition) is 2. The molecule has 0 radical (unpaired) electrons. The highest BCUT2D eigenvalue weighted by Gasteiger charge is 2.21. The molecule has 3 aromatic carbocycles. The molecule has 0 heterocycles. The summed E-state index contributed by atoms with van der Waals surface area (Å²) >= 11 is 12.3. The van der Waals surface area contributed by atoms with Crippen LogP contribution < -0.4 is 10.0 Å². The Kier molecular flexibility index (Phi) is 7.86. The second-order valence-electron chi connectivity index (χ2n) is 7.44. The van der Waals surface area contributed by atoms with Gasteiger partial charge >= 0.3 is 5.97 Å². The largest absolute Gasteiger partial charge is 0.462 e. The number of hydrogen-bond acceptors (Lipinski definition) is 5. The average Bonchev–Trinajstić information content (AvgIpc) is 2.76. The summed E-state index contributed by atoms with van der Waals surface area (Å²) in [6, 6.07) is 13.6. The fourth-order valence-electron chi connectivity index (χ4n) is 3.15. The van der Waals surface area contributed by atoms with Crippen LogP contribution in [-0.2, 0) is 14.8 Å². The number of rotatable bonds is 7. The lowest BCUT2D eigenvalue weighted by Crippen LogP contribution is -2.17. The third-order valence-electron chi connectivity index (χ3n) is 4.83. The number of sulfonamides is 1. The first-order valence-electron chi connectivity index (χ1n) is 10.2. The zero-order valence-electron chi connectivity index (χ0n) is 18.6. The van der Waals surface area contributed by atoms with E-state index in [4.69, 9.17) is 27.9 Å². The Labute approximate surface area is 208 Å². The van der Waals surface area contributed by atoms with Gasteiger partial charge in [-0.15, -0.1) is 0 Å². The van der Waals surface area contributed by atoms with Gasteiger partial charge in [0.05, 0.1) is 27.9 Å². The number of anilines is 2. The van der Waals surface area contributed by atoms with Crippen molar-refractivity contribution in [2.45, 2.75) is 25.7 Å². The van der Waals surface area contributed by atoms with E-state index in [2.05, 4.69) is 10.0 Å². The smallest absolute Gasteiger partial charge is 0.339 e. The Balaban J connectivity index is 1.84. The van der Waals surface area contributed by atoms with Crippen molar-refractivity contribution in [3.05, 3.63) is 86.9 Å². The number of benzene rings is 3. The van der Waals surface area contributed by atoms with Gasteiger partial charge in [0.2, 0.25) is 0 Å². The Hall–Kier alpha value is -3.07. The van der Waals surface area contributed by atoms with Gasteiger partial charge in [-0.25, -0.2) is 13.2 Å². The van der Waals surface area contributed by atoms with Crippen molar-refractivity contribution in [2.24, 2.45) is 0 Å². The normalized spacial score (nSPS) is 11.1. The number of carbonyl (C=O) groups excluding carboxylic acids is 2. The van der Waals surface area contributed by atoms with Crippen LogP contribution in [0.4, 0.5) is 11.4 Å². The van der Waals surface area contributed by atoms with Crippen LogP contribution in [0.5, 0.6) is 0 Å². The van der Waals surface area contributed by atoms with Crippen molar-refractivity contribution in [1.82, 2.24) is 0 Å². The van der Waals surface area contributed by atoms with E-state index in [9.17, 15) is 18.0 Å². The zero-order valence-corrected chi connectivity index (χ0v) is 20.9. The van der Waals surface area contributed by atoms with E-state index in [0.717, 1.165) is 11.1 Å². The molecule has 178 valence electrons. The van der Waals surface area contributed by atoms with Gasteiger partial charge in [-0.05, 0) is 68.8 Å². The Morgan fingerprint density at radius 1 is 0.941 bits per heavy atom. The van der Waals surface area contributed by atoms with Crippen LogP contribution in [0.25, 0.3) is 0 Å². The summed E-state index contributed by atoms with van der Waals surface area (Å²) in [7, 11) is -4.07. The number of amides is 1. The number of halogens is 2. The Morgan fingerprint density at radius 2 is 1.68 bits per heavy atom. The minimum Gasteiger partial charge on any atom is -0.462 e. The van der Waals surface area contributed by atoms with Crippen LogP contribution in [0.3, 0.4) is 0 Å². The molecule has 3 rings (SSSR count). The van der Waals surface area contributed by atoms with Crippen molar-refractivity contribution in [3.8, 4) is 0 Å².